The Morgan fingerprint density at radius 2 is 1.65 bits per heavy atom. The van der Waals surface area contributed by atoms with Crippen LogP contribution in [-0.4, -0.2) is 122 Å². The molecule has 1 heterocycles. The number of amides is 2. The first-order valence-electron chi connectivity index (χ1n) is 10.8. The predicted molar refractivity (Wildman–Crippen MR) is 118 cm³/mol. The van der Waals surface area contributed by atoms with Crippen molar-refractivity contribution < 1.29 is 49.8 Å². The molecule has 0 aromatic carbocycles. The number of aliphatic carboxylic acids is 1. The minimum Gasteiger partial charge on any atom is -0.480 e. The summed E-state index contributed by atoms with van der Waals surface area (Å²) >= 11 is 5.67. The van der Waals surface area contributed by atoms with Gasteiger partial charge in [-0.1, -0.05) is 0 Å². The van der Waals surface area contributed by atoms with Gasteiger partial charge in [-0.25, -0.2) is 0 Å². The molecule has 1 aliphatic heterocycles. The summed E-state index contributed by atoms with van der Waals surface area (Å²) < 4.78 is 5.17. The van der Waals surface area contributed by atoms with Crippen molar-refractivity contribution in [1.82, 2.24) is 21.3 Å². The SMILES string of the molecule is C[C@H](NC(=O)[C@H](C)NC(=O)[C@H](CCNCCC1(O)O[C@H](CO)[C@H](O)[C@H](O)[C@H]1O)NCCl)C(=O)O. The van der Waals surface area contributed by atoms with Crippen molar-refractivity contribution >= 4 is 29.4 Å². The van der Waals surface area contributed by atoms with Gasteiger partial charge in [0.05, 0.1) is 18.7 Å². The molecule has 0 aromatic heterocycles. The molecule has 0 aromatic rings. The molecule has 0 spiro atoms. The van der Waals surface area contributed by atoms with E-state index in [1.54, 1.807) is 0 Å². The van der Waals surface area contributed by atoms with Gasteiger partial charge in [-0.15, -0.1) is 11.6 Å². The Bertz CT molecular complexity index is 687. The van der Waals surface area contributed by atoms with Crippen LogP contribution in [0.2, 0.25) is 0 Å². The van der Waals surface area contributed by atoms with Crippen molar-refractivity contribution in [3.05, 3.63) is 0 Å². The Balaban J connectivity index is 2.52. The molecule has 0 saturated carbocycles. The highest BCUT2D eigenvalue weighted by atomic mass is 35.5. The lowest BCUT2D eigenvalue weighted by Crippen LogP contribution is -2.65. The number of carboxylic acid groups (broad SMARTS) is 1. The van der Waals surface area contributed by atoms with Crippen LogP contribution in [-0.2, 0) is 19.1 Å². The van der Waals surface area contributed by atoms with E-state index >= 15 is 0 Å². The molecular weight excluding hydrogens is 480 g/mol. The van der Waals surface area contributed by atoms with Crippen molar-refractivity contribution in [1.29, 1.82) is 0 Å². The first-order chi connectivity index (χ1) is 15.9. The molecule has 10 N–H and O–H groups in total. The van der Waals surface area contributed by atoms with Gasteiger partial charge in [0, 0.05) is 13.0 Å². The maximum atomic E-state index is 12.5. The van der Waals surface area contributed by atoms with Gasteiger partial charge in [-0.3, -0.25) is 19.7 Å². The number of carbonyl (C=O) groups is 3. The van der Waals surface area contributed by atoms with Crippen LogP contribution in [0.4, 0.5) is 0 Å². The van der Waals surface area contributed by atoms with Crippen LogP contribution in [0.3, 0.4) is 0 Å². The first kappa shape index (κ1) is 30.4. The number of rotatable bonds is 14. The molecule has 34 heavy (non-hydrogen) atoms. The van der Waals surface area contributed by atoms with Crippen LogP contribution in [0, 0.1) is 0 Å². The third-order valence-corrected chi connectivity index (χ3v) is 5.60. The van der Waals surface area contributed by atoms with Gasteiger partial charge in [0.2, 0.25) is 11.8 Å². The Morgan fingerprint density at radius 1 is 1.03 bits per heavy atom. The molecule has 1 fully saturated rings. The van der Waals surface area contributed by atoms with E-state index in [0.717, 1.165) is 0 Å². The second-order valence-corrected chi connectivity index (χ2v) is 8.35. The average molecular weight is 515 g/mol. The zero-order valence-electron chi connectivity index (χ0n) is 19.0. The summed E-state index contributed by atoms with van der Waals surface area (Å²) in [5.41, 5.74) is 0. The zero-order valence-corrected chi connectivity index (χ0v) is 19.7. The fraction of sp³-hybridized carbons (Fsp3) is 0.842. The highest BCUT2D eigenvalue weighted by Gasteiger charge is 2.52. The topological polar surface area (TPSA) is 230 Å². The Hall–Kier alpha value is -1.62. The van der Waals surface area contributed by atoms with Crippen LogP contribution in [0.25, 0.3) is 0 Å². The quantitative estimate of drug-likeness (QED) is 0.0603. The van der Waals surface area contributed by atoms with E-state index in [4.69, 9.17) is 21.4 Å². The van der Waals surface area contributed by atoms with Crippen LogP contribution < -0.4 is 21.3 Å². The summed E-state index contributed by atoms with van der Waals surface area (Å²) in [5, 5.41) is 68.6. The summed E-state index contributed by atoms with van der Waals surface area (Å²) in [6.45, 7) is 2.33. The normalized spacial score (nSPS) is 29.6. The molecule has 2 amide bonds. The van der Waals surface area contributed by atoms with Crippen LogP contribution in [0.1, 0.15) is 26.7 Å². The van der Waals surface area contributed by atoms with Crippen LogP contribution >= 0.6 is 11.6 Å². The third-order valence-electron chi connectivity index (χ3n) is 5.44. The van der Waals surface area contributed by atoms with Crippen LogP contribution in [0.5, 0.6) is 0 Å². The van der Waals surface area contributed by atoms with Gasteiger partial charge in [-0.05, 0) is 26.8 Å². The molecule has 0 bridgehead atoms. The maximum Gasteiger partial charge on any atom is 0.325 e. The van der Waals surface area contributed by atoms with Gasteiger partial charge >= 0.3 is 5.97 Å². The van der Waals surface area contributed by atoms with E-state index in [-0.39, 0.29) is 31.9 Å². The Labute approximate surface area is 201 Å². The zero-order chi connectivity index (χ0) is 26.1. The van der Waals surface area contributed by atoms with Gasteiger partial charge in [-0.2, -0.15) is 0 Å². The second-order valence-electron chi connectivity index (χ2n) is 8.09. The third kappa shape index (κ3) is 8.55. The van der Waals surface area contributed by atoms with Crippen molar-refractivity contribution in [2.24, 2.45) is 0 Å². The number of aliphatic hydroxyl groups excluding tert-OH is 4. The van der Waals surface area contributed by atoms with Crippen molar-refractivity contribution in [3.63, 3.8) is 0 Å². The summed E-state index contributed by atoms with van der Waals surface area (Å²) in [5.74, 6) is -4.63. The molecule has 0 aliphatic carbocycles. The largest absolute Gasteiger partial charge is 0.480 e. The number of carbonyl (C=O) groups excluding carboxylic acids is 2. The van der Waals surface area contributed by atoms with Gasteiger partial charge < -0.3 is 51.3 Å². The first-order valence-corrected chi connectivity index (χ1v) is 11.3. The van der Waals surface area contributed by atoms with Gasteiger partial charge in [0.25, 0.3) is 0 Å². The molecule has 1 unspecified atom stereocenters. The van der Waals surface area contributed by atoms with E-state index in [2.05, 4.69) is 21.3 Å². The smallest absolute Gasteiger partial charge is 0.325 e. The lowest BCUT2D eigenvalue weighted by molar-refractivity contribution is -0.350. The highest BCUT2D eigenvalue weighted by Crippen LogP contribution is 2.30. The molecule has 15 heteroatoms. The monoisotopic (exact) mass is 514 g/mol. The predicted octanol–water partition coefficient (Wildman–Crippen LogP) is -4.23. The number of halogens is 1. The minimum atomic E-state index is -2.21. The van der Waals surface area contributed by atoms with E-state index in [9.17, 15) is 39.9 Å². The standard InChI is InChI=1S/C19H35ClN4O10/c1-9(16(29)24-10(2)18(31)32)23-17(30)11(22-8-20)3-5-21-6-4-19(33)15(28)14(27)13(26)12(7-25)34-19/h9-15,21-22,25-28,33H,3-8H2,1-2H3,(H,23,30)(H,24,29)(H,31,32)/t9-,10-,11-,12+,13-,14-,15+,19?/m0/s1. The Kier molecular flexibility index (Phi) is 12.6. The molecule has 1 rings (SSSR count). The maximum absolute atomic E-state index is 12.5. The number of ether oxygens (including phenoxy) is 1. The molecule has 1 aliphatic rings. The summed E-state index contributed by atoms with van der Waals surface area (Å²) in [4.78, 5) is 35.3. The molecule has 0 radical (unpaired) electrons. The fourth-order valence-corrected chi connectivity index (χ4v) is 3.45. The lowest BCUT2D eigenvalue weighted by atomic mass is 9.91. The van der Waals surface area contributed by atoms with E-state index in [1.165, 1.54) is 13.8 Å². The van der Waals surface area contributed by atoms with E-state index in [0.29, 0.717) is 0 Å². The molecular formula is C19H35ClN4O10. The minimum absolute atomic E-state index is 0.0583. The summed E-state index contributed by atoms with van der Waals surface area (Å²) in [6, 6.07) is -2.97. The number of alkyl halides is 1. The number of carboxylic acids is 1. The number of hydrogen-bond donors (Lipinski definition) is 10. The average Bonchev–Trinajstić information content (AvgIpc) is 2.78. The molecule has 14 nitrogen and oxygen atoms in total. The van der Waals surface area contributed by atoms with Crippen LogP contribution in [0.15, 0.2) is 0 Å². The fourth-order valence-electron chi connectivity index (χ4n) is 3.26. The number of aliphatic hydroxyl groups is 5. The molecule has 8 atom stereocenters. The Morgan fingerprint density at radius 3 is 2.21 bits per heavy atom. The van der Waals surface area contributed by atoms with E-state index < -0.39 is 72.7 Å². The van der Waals surface area contributed by atoms with Crippen molar-refractivity contribution in [2.45, 2.75) is 75.0 Å². The van der Waals surface area contributed by atoms with Crippen molar-refractivity contribution in [3.8, 4) is 0 Å². The summed E-state index contributed by atoms with van der Waals surface area (Å²) in [7, 11) is 0. The molecule has 1 saturated heterocycles. The number of nitrogens with one attached hydrogen (secondary N) is 4. The summed E-state index contributed by atoms with van der Waals surface area (Å²) in [6.07, 6.45) is -6.35. The second kappa shape index (κ2) is 14.1. The van der Waals surface area contributed by atoms with Crippen molar-refractivity contribution in [2.75, 3.05) is 25.7 Å². The number of hydrogen-bond acceptors (Lipinski definition) is 11. The van der Waals surface area contributed by atoms with E-state index in [1.807, 2.05) is 0 Å². The highest BCUT2D eigenvalue weighted by molar-refractivity contribution is 6.17. The van der Waals surface area contributed by atoms with Gasteiger partial charge in [0.15, 0.2) is 5.79 Å². The van der Waals surface area contributed by atoms with Gasteiger partial charge in [0.1, 0.15) is 36.5 Å². The molecule has 198 valence electrons. The lowest BCUT2D eigenvalue weighted by Gasteiger charge is -2.45.